The van der Waals surface area contributed by atoms with Gasteiger partial charge in [0.1, 0.15) is 5.82 Å². The monoisotopic (exact) mass is 260 g/mol. The second-order valence-electron chi connectivity index (χ2n) is 3.79. The molecule has 1 saturated heterocycles. The van der Waals surface area contributed by atoms with Crippen LogP contribution >= 0.6 is 11.6 Å². The molecule has 0 aliphatic carbocycles. The summed E-state index contributed by atoms with van der Waals surface area (Å²) in [7, 11) is -2.83. The Bertz CT molecular complexity index is 461. The van der Waals surface area contributed by atoms with E-state index >= 15 is 0 Å². The number of nitrogens with zero attached hydrogens (tertiary/aromatic N) is 2. The minimum atomic E-state index is -2.83. The number of sulfone groups is 1. The summed E-state index contributed by atoms with van der Waals surface area (Å²) < 4.78 is 22.6. The summed E-state index contributed by atoms with van der Waals surface area (Å²) in [5.41, 5.74) is 1.00. The summed E-state index contributed by atoms with van der Waals surface area (Å²) in [4.78, 5) is 6.21. The zero-order valence-corrected chi connectivity index (χ0v) is 10.3. The van der Waals surface area contributed by atoms with Gasteiger partial charge in [-0.1, -0.05) is 0 Å². The topological polar surface area (TPSA) is 50.3 Å². The van der Waals surface area contributed by atoms with E-state index in [1.54, 1.807) is 6.20 Å². The number of pyridine rings is 1. The minimum Gasteiger partial charge on any atom is -0.355 e. The molecule has 0 radical (unpaired) electrons. The van der Waals surface area contributed by atoms with Crippen LogP contribution in [0.1, 0.15) is 5.56 Å². The molecule has 88 valence electrons. The van der Waals surface area contributed by atoms with Gasteiger partial charge in [-0.25, -0.2) is 13.4 Å². The molecule has 2 heterocycles. The van der Waals surface area contributed by atoms with Gasteiger partial charge in [-0.2, -0.15) is 0 Å². The predicted octanol–water partition coefficient (Wildman–Crippen LogP) is 1.06. The van der Waals surface area contributed by atoms with Gasteiger partial charge in [0.15, 0.2) is 9.84 Å². The van der Waals surface area contributed by atoms with Crippen molar-refractivity contribution in [3.8, 4) is 0 Å². The van der Waals surface area contributed by atoms with E-state index in [1.165, 1.54) is 0 Å². The van der Waals surface area contributed by atoms with Crippen LogP contribution in [0, 0.1) is 0 Å². The Morgan fingerprint density at radius 1 is 1.38 bits per heavy atom. The first kappa shape index (κ1) is 11.7. The number of alkyl halides is 1. The Morgan fingerprint density at radius 3 is 2.69 bits per heavy atom. The third kappa shape index (κ3) is 2.65. The Hall–Kier alpha value is -0.810. The third-order valence-corrected chi connectivity index (χ3v) is 4.55. The molecule has 1 aliphatic rings. The standard InChI is InChI=1S/C10H13ClN2O2S/c11-8-9-1-2-12-10(7-9)13-3-5-16(14,15)6-4-13/h1-2,7H,3-6,8H2. The molecule has 0 saturated carbocycles. The molecule has 1 aromatic rings. The Balaban J connectivity index is 2.13. The first-order valence-corrected chi connectivity index (χ1v) is 7.42. The van der Waals surface area contributed by atoms with Crippen molar-refractivity contribution in [2.45, 2.75) is 5.88 Å². The molecule has 2 rings (SSSR count). The number of hydrogen-bond acceptors (Lipinski definition) is 4. The zero-order chi connectivity index (χ0) is 11.6. The molecular formula is C10H13ClN2O2S. The van der Waals surface area contributed by atoms with Crippen molar-refractivity contribution in [2.75, 3.05) is 29.5 Å². The molecular weight excluding hydrogens is 248 g/mol. The average molecular weight is 261 g/mol. The number of aromatic nitrogens is 1. The van der Waals surface area contributed by atoms with Crippen LogP contribution in [0.2, 0.25) is 0 Å². The van der Waals surface area contributed by atoms with Gasteiger partial charge >= 0.3 is 0 Å². The fourth-order valence-corrected chi connectivity index (χ4v) is 3.03. The smallest absolute Gasteiger partial charge is 0.153 e. The lowest BCUT2D eigenvalue weighted by Gasteiger charge is -2.27. The molecule has 0 unspecified atom stereocenters. The van der Waals surface area contributed by atoms with Crippen LogP contribution in [-0.4, -0.2) is 38.0 Å². The quantitative estimate of drug-likeness (QED) is 0.746. The highest BCUT2D eigenvalue weighted by molar-refractivity contribution is 7.91. The molecule has 1 fully saturated rings. The zero-order valence-electron chi connectivity index (χ0n) is 8.76. The fourth-order valence-electron chi connectivity index (χ4n) is 1.66. The fraction of sp³-hybridized carbons (Fsp3) is 0.500. The maximum absolute atomic E-state index is 11.3. The SMILES string of the molecule is O=S1(=O)CCN(c2cc(CCl)ccn2)CC1. The Morgan fingerprint density at radius 2 is 2.06 bits per heavy atom. The maximum atomic E-state index is 11.3. The lowest BCUT2D eigenvalue weighted by Crippen LogP contribution is -2.40. The van der Waals surface area contributed by atoms with Crippen molar-refractivity contribution in [1.82, 2.24) is 4.98 Å². The van der Waals surface area contributed by atoms with Gasteiger partial charge in [0, 0.05) is 25.2 Å². The second-order valence-corrected chi connectivity index (χ2v) is 6.37. The van der Waals surface area contributed by atoms with Crippen molar-refractivity contribution in [2.24, 2.45) is 0 Å². The summed E-state index contributed by atoms with van der Waals surface area (Å²) in [6.45, 7) is 1.03. The second kappa shape index (κ2) is 4.59. The van der Waals surface area contributed by atoms with Crippen molar-refractivity contribution in [1.29, 1.82) is 0 Å². The molecule has 1 aromatic heterocycles. The van der Waals surface area contributed by atoms with Crippen LogP contribution in [0.4, 0.5) is 5.82 Å². The van der Waals surface area contributed by atoms with Gasteiger partial charge in [0.05, 0.1) is 11.5 Å². The van der Waals surface area contributed by atoms with Gasteiger partial charge in [-0.05, 0) is 17.7 Å². The van der Waals surface area contributed by atoms with Crippen molar-refractivity contribution >= 4 is 27.3 Å². The summed E-state index contributed by atoms with van der Waals surface area (Å²) >= 11 is 5.74. The number of halogens is 1. The summed E-state index contributed by atoms with van der Waals surface area (Å²) in [5.74, 6) is 1.68. The maximum Gasteiger partial charge on any atom is 0.153 e. The van der Waals surface area contributed by atoms with E-state index < -0.39 is 9.84 Å². The Labute approximate surface area is 100 Å². The Kier molecular flexibility index (Phi) is 3.35. The lowest BCUT2D eigenvalue weighted by molar-refractivity contribution is 0.586. The van der Waals surface area contributed by atoms with Crippen molar-refractivity contribution in [3.63, 3.8) is 0 Å². The number of anilines is 1. The van der Waals surface area contributed by atoms with Crippen LogP contribution in [0.5, 0.6) is 0 Å². The first-order chi connectivity index (χ1) is 7.61. The number of rotatable bonds is 2. The summed E-state index contributed by atoms with van der Waals surface area (Å²) in [6.07, 6.45) is 1.70. The highest BCUT2D eigenvalue weighted by atomic mass is 35.5. The van der Waals surface area contributed by atoms with Crippen LogP contribution < -0.4 is 4.90 Å². The molecule has 0 bridgehead atoms. The van der Waals surface area contributed by atoms with Crippen LogP contribution in [-0.2, 0) is 15.7 Å². The molecule has 16 heavy (non-hydrogen) atoms. The van der Waals surface area contributed by atoms with E-state index in [1.807, 2.05) is 17.0 Å². The van der Waals surface area contributed by atoms with Crippen molar-refractivity contribution < 1.29 is 8.42 Å². The summed E-state index contributed by atoms with van der Waals surface area (Å²) in [5, 5.41) is 0. The van der Waals surface area contributed by atoms with E-state index in [0.29, 0.717) is 19.0 Å². The van der Waals surface area contributed by atoms with Crippen LogP contribution in [0.3, 0.4) is 0 Å². The molecule has 0 atom stereocenters. The minimum absolute atomic E-state index is 0.208. The van der Waals surface area contributed by atoms with Crippen LogP contribution in [0.25, 0.3) is 0 Å². The van der Waals surface area contributed by atoms with E-state index in [2.05, 4.69) is 4.98 Å². The average Bonchev–Trinajstić information content (AvgIpc) is 2.29. The molecule has 0 spiro atoms. The van der Waals surface area contributed by atoms with Gasteiger partial charge in [-0.3, -0.25) is 0 Å². The van der Waals surface area contributed by atoms with E-state index in [4.69, 9.17) is 11.6 Å². The molecule has 6 heteroatoms. The molecule has 4 nitrogen and oxygen atoms in total. The summed E-state index contributed by atoms with van der Waals surface area (Å²) in [6, 6.07) is 3.77. The van der Waals surface area contributed by atoms with Crippen LogP contribution in [0.15, 0.2) is 18.3 Å². The van der Waals surface area contributed by atoms with Gasteiger partial charge in [0.25, 0.3) is 0 Å². The molecule has 0 N–H and O–H groups in total. The van der Waals surface area contributed by atoms with Crippen molar-refractivity contribution in [3.05, 3.63) is 23.9 Å². The number of hydrogen-bond donors (Lipinski definition) is 0. The molecule has 1 aliphatic heterocycles. The largest absolute Gasteiger partial charge is 0.355 e. The highest BCUT2D eigenvalue weighted by Gasteiger charge is 2.22. The van der Waals surface area contributed by atoms with E-state index in [0.717, 1.165) is 11.4 Å². The predicted molar refractivity (Wildman–Crippen MR) is 64.7 cm³/mol. The van der Waals surface area contributed by atoms with Gasteiger partial charge in [-0.15, -0.1) is 11.6 Å². The third-order valence-electron chi connectivity index (χ3n) is 2.63. The van der Waals surface area contributed by atoms with E-state index in [9.17, 15) is 8.42 Å². The first-order valence-electron chi connectivity index (χ1n) is 5.07. The lowest BCUT2D eigenvalue weighted by atomic mass is 10.3. The molecule has 0 amide bonds. The van der Waals surface area contributed by atoms with E-state index in [-0.39, 0.29) is 11.5 Å². The highest BCUT2D eigenvalue weighted by Crippen LogP contribution is 2.16. The molecule has 0 aromatic carbocycles. The van der Waals surface area contributed by atoms with Gasteiger partial charge < -0.3 is 4.90 Å². The van der Waals surface area contributed by atoms with Gasteiger partial charge in [0.2, 0.25) is 0 Å². The normalized spacial score (nSPS) is 19.7.